The first-order valence-electron chi connectivity index (χ1n) is 11.7. The third-order valence-electron chi connectivity index (χ3n) is 6.40. The Morgan fingerprint density at radius 1 is 1.15 bits per heavy atom. The van der Waals surface area contributed by atoms with Crippen LogP contribution in [0.5, 0.6) is 0 Å². The van der Waals surface area contributed by atoms with E-state index in [0.29, 0.717) is 29.6 Å². The van der Waals surface area contributed by atoms with Crippen molar-refractivity contribution in [3.63, 3.8) is 0 Å². The summed E-state index contributed by atoms with van der Waals surface area (Å²) < 4.78 is 18.4. The van der Waals surface area contributed by atoms with Gasteiger partial charge in [-0.15, -0.1) is 11.3 Å². The monoisotopic (exact) mass is 473 g/mol. The second-order valence-electron chi connectivity index (χ2n) is 9.00. The summed E-state index contributed by atoms with van der Waals surface area (Å²) in [6, 6.07) is 6.61. The minimum atomic E-state index is -0.339. The molecule has 33 heavy (non-hydrogen) atoms. The van der Waals surface area contributed by atoms with E-state index in [9.17, 15) is 14.0 Å². The number of esters is 1. The zero-order chi connectivity index (χ0) is 23.4. The number of ether oxygens (including phenoxy) is 1. The van der Waals surface area contributed by atoms with Crippen molar-refractivity contribution in [3.8, 4) is 0 Å². The van der Waals surface area contributed by atoms with Gasteiger partial charge in [-0.3, -0.25) is 14.6 Å². The molecule has 0 saturated carbocycles. The first kappa shape index (κ1) is 23.9. The van der Waals surface area contributed by atoms with Crippen molar-refractivity contribution in [3.05, 3.63) is 51.7 Å². The van der Waals surface area contributed by atoms with Crippen LogP contribution in [-0.4, -0.2) is 61.0 Å². The molecule has 1 saturated heterocycles. The number of anilines is 1. The van der Waals surface area contributed by atoms with E-state index < -0.39 is 0 Å². The van der Waals surface area contributed by atoms with Gasteiger partial charge in [-0.1, -0.05) is 19.1 Å². The van der Waals surface area contributed by atoms with Gasteiger partial charge in [-0.05, 0) is 55.4 Å². The Morgan fingerprint density at radius 2 is 1.85 bits per heavy atom. The van der Waals surface area contributed by atoms with Crippen LogP contribution in [-0.2, 0) is 28.9 Å². The summed E-state index contributed by atoms with van der Waals surface area (Å²) in [4.78, 5) is 31.1. The second-order valence-corrected chi connectivity index (χ2v) is 10.1. The van der Waals surface area contributed by atoms with Crippen LogP contribution < -0.4 is 5.32 Å². The summed E-state index contributed by atoms with van der Waals surface area (Å²) in [7, 11) is 0. The van der Waals surface area contributed by atoms with Crippen molar-refractivity contribution in [1.29, 1.82) is 0 Å². The van der Waals surface area contributed by atoms with Gasteiger partial charge in [0.2, 0.25) is 5.91 Å². The average Bonchev–Trinajstić information content (AvgIpc) is 3.13. The first-order chi connectivity index (χ1) is 15.9. The zero-order valence-corrected chi connectivity index (χ0v) is 20.2. The summed E-state index contributed by atoms with van der Waals surface area (Å²) in [5.41, 5.74) is 2.70. The Balaban J connectivity index is 1.33. The Hall–Kier alpha value is -2.29. The van der Waals surface area contributed by atoms with E-state index in [-0.39, 0.29) is 17.7 Å². The minimum absolute atomic E-state index is 0.0980. The van der Waals surface area contributed by atoms with Crippen LogP contribution in [0.2, 0.25) is 0 Å². The molecule has 1 aliphatic carbocycles. The van der Waals surface area contributed by atoms with Crippen LogP contribution in [0.1, 0.15) is 46.6 Å². The molecule has 1 unspecified atom stereocenters. The third-order valence-corrected chi connectivity index (χ3v) is 7.57. The molecule has 0 bridgehead atoms. The van der Waals surface area contributed by atoms with Crippen molar-refractivity contribution in [2.45, 2.75) is 39.7 Å². The Bertz CT molecular complexity index is 984. The fourth-order valence-electron chi connectivity index (χ4n) is 4.58. The van der Waals surface area contributed by atoms with Crippen LogP contribution in [0.15, 0.2) is 24.3 Å². The number of carbonyl (C=O) groups excluding carboxylic acids is 2. The van der Waals surface area contributed by atoms with Gasteiger partial charge in [-0.2, -0.15) is 0 Å². The molecule has 1 aromatic heterocycles. The number of thiophene rings is 1. The highest BCUT2D eigenvalue weighted by atomic mass is 32.1. The number of amides is 1. The summed E-state index contributed by atoms with van der Waals surface area (Å²) in [5, 5.41) is 3.65. The van der Waals surface area contributed by atoms with Crippen LogP contribution in [0.3, 0.4) is 0 Å². The van der Waals surface area contributed by atoms with Crippen molar-refractivity contribution < 1.29 is 18.7 Å². The van der Waals surface area contributed by atoms with Gasteiger partial charge in [0, 0.05) is 37.6 Å². The number of carbonyl (C=O) groups is 2. The van der Waals surface area contributed by atoms with Gasteiger partial charge in [0.25, 0.3) is 0 Å². The molecule has 6 nitrogen and oxygen atoms in total. The van der Waals surface area contributed by atoms with Gasteiger partial charge in [0.1, 0.15) is 10.8 Å². The number of fused-ring (bicyclic) bond motifs is 1. The highest BCUT2D eigenvalue weighted by molar-refractivity contribution is 7.17. The smallest absolute Gasteiger partial charge is 0.341 e. The molecule has 178 valence electrons. The minimum Gasteiger partial charge on any atom is -0.462 e. The van der Waals surface area contributed by atoms with E-state index in [1.807, 2.05) is 12.1 Å². The maximum Gasteiger partial charge on any atom is 0.341 e. The summed E-state index contributed by atoms with van der Waals surface area (Å²) in [6.07, 6.45) is 2.84. The highest BCUT2D eigenvalue weighted by Gasteiger charge is 2.29. The summed E-state index contributed by atoms with van der Waals surface area (Å²) in [5.74, 6) is -0.0730. The molecule has 1 aromatic carbocycles. The van der Waals surface area contributed by atoms with E-state index in [4.69, 9.17) is 4.74 Å². The fraction of sp³-hybridized carbons (Fsp3) is 0.520. The number of nitrogens with one attached hydrogen (secondary N) is 1. The molecule has 1 N–H and O–H groups in total. The first-order valence-corrected chi connectivity index (χ1v) is 12.5. The molecule has 1 amide bonds. The normalized spacial score (nSPS) is 19.2. The van der Waals surface area contributed by atoms with Crippen molar-refractivity contribution in [2.24, 2.45) is 5.92 Å². The molecule has 0 spiro atoms. The van der Waals surface area contributed by atoms with Crippen molar-refractivity contribution >= 4 is 28.2 Å². The number of hydrogen-bond acceptors (Lipinski definition) is 6. The number of nitrogens with zero attached hydrogens (tertiary/aromatic N) is 2. The summed E-state index contributed by atoms with van der Waals surface area (Å²) in [6.45, 7) is 8.69. The number of hydrogen-bond donors (Lipinski definition) is 1. The van der Waals surface area contributed by atoms with Crippen molar-refractivity contribution in [1.82, 2.24) is 9.80 Å². The number of benzene rings is 1. The zero-order valence-electron chi connectivity index (χ0n) is 19.4. The molecule has 2 aliphatic rings. The number of halogens is 1. The fourth-order valence-corrected chi connectivity index (χ4v) is 6.00. The molecule has 8 heteroatoms. The topological polar surface area (TPSA) is 61.9 Å². The molecule has 0 radical (unpaired) electrons. The Morgan fingerprint density at radius 3 is 2.55 bits per heavy atom. The standard InChI is InChI=1S/C25H32FN3O3S/c1-3-32-25(31)23-20-9-4-17(2)14-21(20)33-24(23)27-22(30)16-29-12-10-28(11-13-29)15-18-5-7-19(26)8-6-18/h5-8,17H,3-4,9-16H2,1-2H3,(H,27,30). The van der Waals surface area contributed by atoms with Crippen LogP contribution >= 0.6 is 11.3 Å². The Kier molecular flexibility index (Phi) is 7.78. The third kappa shape index (κ3) is 5.99. The van der Waals surface area contributed by atoms with E-state index in [1.165, 1.54) is 28.3 Å². The lowest BCUT2D eigenvalue weighted by Crippen LogP contribution is -2.48. The van der Waals surface area contributed by atoms with E-state index in [2.05, 4.69) is 22.0 Å². The van der Waals surface area contributed by atoms with Crippen LogP contribution in [0, 0.1) is 11.7 Å². The molecule has 1 atom stereocenters. The average molecular weight is 474 g/mol. The largest absolute Gasteiger partial charge is 0.462 e. The van der Waals surface area contributed by atoms with Gasteiger partial charge >= 0.3 is 5.97 Å². The molecule has 2 heterocycles. The predicted octanol–water partition coefficient (Wildman–Crippen LogP) is 3.95. The lowest BCUT2D eigenvalue weighted by molar-refractivity contribution is -0.117. The summed E-state index contributed by atoms with van der Waals surface area (Å²) >= 11 is 1.53. The molecular formula is C25H32FN3O3S. The van der Waals surface area contributed by atoms with E-state index in [1.54, 1.807) is 6.92 Å². The van der Waals surface area contributed by atoms with E-state index in [0.717, 1.165) is 63.1 Å². The predicted molar refractivity (Wildman–Crippen MR) is 128 cm³/mol. The molecule has 4 rings (SSSR count). The SMILES string of the molecule is CCOC(=O)c1c(NC(=O)CN2CCN(Cc3ccc(F)cc3)CC2)sc2c1CCC(C)C2. The second kappa shape index (κ2) is 10.8. The lowest BCUT2D eigenvalue weighted by atomic mass is 9.88. The molecule has 2 aromatic rings. The van der Waals surface area contributed by atoms with E-state index >= 15 is 0 Å². The van der Waals surface area contributed by atoms with Crippen LogP contribution in [0.4, 0.5) is 9.39 Å². The van der Waals surface area contributed by atoms with Crippen LogP contribution in [0.25, 0.3) is 0 Å². The van der Waals surface area contributed by atoms with Gasteiger partial charge < -0.3 is 10.1 Å². The molecule has 1 aliphatic heterocycles. The quantitative estimate of drug-likeness (QED) is 0.617. The van der Waals surface area contributed by atoms with Crippen molar-refractivity contribution in [2.75, 3.05) is 44.6 Å². The molecular weight excluding hydrogens is 441 g/mol. The van der Waals surface area contributed by atoms with Gasteiger partial charge in [0.15, 0.2) is 0 Å². The highest BCUT2D eigenvalue weighted by Crippen LogP contribution is 2.40. The number of piperazine rings is 1. The molecule has 1 fully saturated rings. The van der Waals surface area contributed by atoms with Gasteiger partial charge in [-0.25, -0.2) is 9.18 Å². The lowest BCUT2D eigenvalue weighted by Gasteiger charge is -2.34. The maximum atomic E-state index is 13.1. The Labute approximate surface area is 198 Å². The number of rotatable bonds is 7. The van der Waals surface area contributed by atoms with Gasteiger partial charge in [0.05, 0.1) is 18.7 Å². The maximum absolute atomic E-state index is 13.1.